The average molecular weight is 281 g/mol. The quantitative estimate of drug-likeness (QED) is 0.800. The normalized spacial score (nSPS) is 11.0. The lowest BCUT2D eigenvalue weighted by Crippen LogP contribution is -2.11. The third kappa shape index (κ3) is 2.83. The van der Waals surface area contributed by atoms with Gasteiger partial charge >= 0.3 is 0 Å². The molecule has 0 saturated heterocycles. The Bertz CT molecular complexity index is 856. The number of methoxy groups -OCH3 is 1. The second kappa shape index (κ2) is 5.46. The molecule has 0 aliphatic heterocycles. The van der Waals surface area contributed by atoms with E-state index in [2.05, 4.69) is 15.0 Å². The summed E-state index contributed by atoms with van der Waals surface area (Å²) in [6.45, 7) is 2.24. The van der Waals surface area contributed by atoms with Gasteiger partial charge in [0.1, 0.15) is 12.4 Å². The Kier molecular flexibility index (Phi) is 3.50. The SMILES string of the molecule is COCc1nc(-c2ccc3nc(C)ccc3c2)cc(=O)[nH]1. The van der Waals surface area contributed by atoms with Crippen LogP contribution < -0.4 is 5.56 Å². The maximum absolute atomic E-state index is 11.7. The molecule has 0 aliphatic rings. The highest BCUT2D eigenvalue weighted by atomic mass is 16.5. The fourth-order valence-electron chi connectivity index (χ4n) is 2.25. The molecular weight excluding hydrogens is 266 g/mol. The van der Waals surface area contributed by atoms with E-state index in [-0.39, 0.29) is 12.2 Å². The van der Waals surface area contributed by atoms with Crippen LogP contribution in [0.15, 0.2) is 41.2 Å². The zero-order chi connectivity index (χ0) is 14.8. The number of hydrogen-bond donors (Lipinski definition) is 1. The van der Waals surface area contributed by atoms with E-state index in [1.54, 1.807) is 7.11 Å². The van der Waals surface area contributed by atoms with Crippen molar-refractivity contribution in [2.75, 3.05) is 7.11 Å². The molecule has 0 atom stereocenters. The number of ether oxygens (including phenoxy) is 1. The van der Waals surface area contributed by atoms with Gasteiger partial charge in [0, 0.05) is 29.8 Å². The zero-order valence-electron chi connectivity index (χ0n) is 11.9. The van der Waals surface area contributed by atoms with Crippen LogP contribution in [-0.2, 0) is 11.3 Å². The lowest BCUT2D eigenvalue weighted by molar-refractivity contribution is 0.177. The summed E-state index contributed by atoms with van der Waals surface area (Å²) in [4.78, 5) is 23.2. The molecule has 0 bridgehead atoms. The summed E-state index contributed by atoms with van der Waals surface area (Å²) in [5.41, 5.74) is 3.24. The minimum atomic E-state index is -0.186. The number of nitrogens with zero attached hydrogens (tertiary/aromatic N) is 2. The van der Waals surface area contributed by atoms with E-state index in [0.29, 0.717) is 11.5 Å². The number of nitrogens with one attached hydrogen (secondary N) is 1. The Labute approximate surface area is 121 Å². The maximum atomic E-state index is 11.7. The Morgan fingerprint density at radius 3 is 2.81 bits per heavy atom. The van der Waals surface area contributed by atoms with E-state index in [1.807, 2.05) is 37.3 Å². The molecule has 2 heterocycles. The topological polar surface area (TPSA) is 67.9 Å². The van der Waals surface area contributed by atoms with E-state index < -0.39 is 0 Å². The van der Waals surface area contributed by atoms with Crippen LogP contribution in [0.5, 0.6) is 0 Å². The number of aromatic amines is 1. The van der Waals surface area contributed by atoms with Crippen molar-refractivity contribution in [3.05, 3.63) is 58.3 Å². The predicted octanol–water partition coefficient (Wildman–Crippen LogP) is 2.44. The summed E-state index contributed by atoms with van der Waals surface area (Å²) >= 11 is 0. The van der Waals surface area contributed by atoms with Crippen LogP contribution in [-0.4, -0.2) is 22.1 Å². The molecule has 5 heteroatoms. The fourth-order valence-corrected chi connectivity index (χ4v) is 2.25. The van der Waals surface area contributed by atoms with E-state index in [4.69, 9.17) is 4.74 Å². The van der Waals surface area contributed by atoms with Crippen LogP contribution in [0, 0.1) is 6.92 Å². The molecule has 1 aromatic carbocycles. The number of aryl methyl sites for hydroxylation is 1. The van der Waals surface area contributed by atoms with Crippen LogP contribution in [0.25, 0.3) is 22.2 Å². The van der Waals surface area contributed by atoms with Crippen molar-refractivity contribution in [1.29, 1.82) is 0 Å². The zero-order valence-corrected chi connectivity index (χ0v) is 11.9. The molecule has 0 saturated carbocycles. The van der Waals surface area contributed by atoms with Crippen molar-refractivity contribution < 1.29 is 4.74 Å². The molecule has 3 aromatic rings. The van der Waals surface area contributed by atoms with Gasteiger partial charge in [0.2, 0.25) is 0 Å². The summed E-state index contributed by atoms with van der Waals surface area (Å²) in [6.07, 6.45) is 0. The Morgan fingerprint density at radius 2 is 2.00 bits per heavy atom. The standard InChI is InChI=1S/C16H15N3O2/c1-10-3-4-11-7-12(5-6-13(11)17-10)14-8-16(20)19-15(18-14)9-21-2/h3-8H,9H2,1-2H3,(H,18,19,20). The number of H-pyrrole nitrogens is 1. The molecule has 0 fully saturated rings. The lowest BCUT2D eigenvalue weighted by atomic mass is 10.1. The van der Waals surface area contributed by atoms with Crippen LogP contribution in [0.2, 0.25) is 0 Å². The molecule has 0 unspecified atom stereocenters. The molecule has 0 radical (unpaired) electrons. The highest BCUT2D eigenvalue weighted by Gasteiger charge is 2.05. The number of benzene rings is 1. The van der Waals surface area contributed by atoms with Gasteiger partial charge in [0.15, 0.2) is 0 Å². The van der Waals surface area contributed by atoms with Crippen molar-refractivity contribution in [3.8, 4) is 11.3 Å². The number of aromatic nitrogens is 3. The second-order valence-corrected chi connectivity index (χ2v) is 4.87. The van der Waals surface area contributed by atoms with Crippen molar-refractivity contribution in [1.82, 2.24) is 15.0 Å². The van der Waals surface area contributed by atoms with Crippen LogP contribution >= 0.6 is 0 Å². The smallest absolute Gasteiger partial charge is 0.251 e. The molecule has 1 N–H and O–H groups in total. The first-order valence-corrected chi connectivity index (χ1v) is 6.63. The minimum absolute atomic E-state index is 0.186. The number of pyridine rings is 1. The van der Waals surface area contributed by atoms with Gasteiger partial charge < -0.3 is 9.72 Å². The number of hydrogen-bond acceptors (Lipinski definition) is 4. The summed E-state index contributed by atoms with van der Waals surface area (Å²) in [6, 6.07) is 11.3. The Hall–Kier alpha value is -2.53. The first-order valence-electron chi connectivity index (χ1n) is 6.63. The van der Waals surface area contributed by atoms with Crippen LogP contribution in [0.3, 0.4) is 0 Å². The molecule has 0 spiro atoms. The predicted molar refractivity (Wildman–Crippen MR) is 81.0 cm³/mol. The van der Waals surface area contributed by atoms with E-state index >= 15 is 0 Å². The average Bonchev–Trinajstić information content (AvgIpc) is 2.46. The van der Waals surface area contributed by atoms with Crippen molar-refractivity contribution in [2.24, 2.45) is 0 Å². The third-order valence-electron chi connectivity index (χ3n) is 3.20. The maximum Gasteiger partial charge on any atom is 0.251 e. The van der Waals surface area contributed by atoms with Crippen molar-refractivity contribution >= 4 is 10.9 Å². The number of rotatable bonds is 3. The molecule has 106 valence electrons. The van der Waals surface area contributed by atoms with Crippen molar-refractivity contribution in [3.63, 3.8) is 0 Å². The second-order valence-electron chi connectivity index (χ2n) is 4.87. The van der Waals surface area contributed by atoms with Crippen LogP contribution in [0.4, 0.5) is 0 Å². The lowest BCUT2D eigenvalue weighted by Gasteiger charge is -2.05. The summed E-state index contributed by atoms with van der Waals surface area (Å²) < 4.78 is 5.01. The summed E-state index contributed by atoms with van der Waals surface area (Å²) in [5, 5.41) is 1.02. The molecule has 21 heavy (non-hydrogen) atoms. The highest BCUT2D eigenvalue weighted by molar-refractivity contribution is 5.83. The molecule has 5 nitrogen and oxygen atoms in total. The first kappa shape index (κ1) is 13.5. The van der Waals surface area contributed by atoms with E-state index in [0.717, 1.165) is 22.2 Å². The van der Waals surface area contributed by atoms with Gasteiger partial charge in [-0.3, -0.25) is 9.78 Å². The molecule has 0 amide bonds. The third-order valence-corrected chi connectivity index (χ3v) is 3.20. The number of fused-ring (bicyclic) bond motifs is 1. The van der Waals surface area contributed by atoms with Gasteiger partial charge in [-0.05, 0) is 25.1 Å². The monoisotopic (exact) mass is 281 g/mol. The molecule has 2 aromatic heterocycles. The van der Waals surface area contributed by atoms with Gasteiger partial charge in [-0.25, -0.2) is 4.98 Å². The van der Waals surface area contributed by atoms with Gasteiger partial charge in [0.05, 0.1) is 11.2 Å². The highest BCUT2D eigenvalue weighted by Crippen LogP contribution is 2.21. The van der Waals surface area contributed by atoms with Gasteiger partial charge in [-0.15, -0.1) is 0 Å². The summed E-state index contributed by atoms with van der Waals surface area (Å²) in [5.74, 6) is 0.516. The van der Waals surface area contributed by atoms with E-state index in [9.17, 15) is 4.79 Å². The van der Waals surface area contributed by atoms with Gasteiger partial charge in [-0.2, -0.15) is 0 Å². The molecule has 0 aliphatic carbocycles. The van der Waals surface area contributed by atoms with Gasteiger partial charge in [-0.1, -0.05) is 12.1 Å². The van der Waals surface area contributed by atoms with E-state index in [1.165, 1.54) is 6.07 Å². The van der Waals surface area contributed by atoms with Crippen LogP contribution in [0.1, 0.15) is 11.5 Å². The Balaban J connectivity index is 2.11. The largest absolute Gasteiger partial charge is 0.377 e. The van der Waals surface area contributed by atoms with Gasteiger partial charge in [0.25, 0.3) is 5.56 Å². The molecular formula is C16H15N3O2. The Morgan fingerprint density at radius 1 is 1.14 bits per heavy atom. The fraction of sp³-hybridized carbons (Fsp3) is 0.188. The first-order chi connectivity index (χ1) is 10.2. The van der Waals surface area contributed by atoms with Crippen molar-refractivity contribution in [2.45, 2.75) is 13.5 Å². The minimum Gasteiger partial charge on any atom is -0.377 e. The molecule has 3 rings (SSSR count). The summed E-state index contributed by atoms with van der Waals surface area (Å²) in [7, 11) is 1.57.